The van der Waals surface area contributed by atoms with E-state index >= 15 is 0 Å². The summed E-state index contributed by atoms with van der Waals surface area (Å²) in [6, 6.07) is 9.73. The van der Waals surface area contributed by atoms with Gasteiger partial charge in [-0.1, -0.05) is 17.7 Å². The first-order valence-corrected chi connectivity index (χ1v) is 11.0. The number of piperazine rings is 1. The standard InChI is InChI=1S/C23H24ClN7O2/c1-33-20-11-16(30-9-6-25-7-10-30)4-5-18(20)28-23-27-12-17(24)21(29-23)19-13-26-22-15(14-32)3-2-8-31(19)22/h2-5,8,11-13,25,32H,6-7,9-10,14H2,1H3,(H,27,28,29). The average molecular weight is 466 g/mol. The Balaban J connectivity index is 1.47. The third-order valence-electron chi connectivity index (χ3n) is 5.69. The molecule has 1 aliphatic heterocycles. The summed E-state index contributed by atoms with van der Waals surface area (Å²) in [4.78, 5) is 15.8. The lowest BCUT2D eigenvalue weighted by molar-refractivity contribution is 0.282. The fourth-order valence-electron chi connectivity index (χ4n) is 4.00. The van der Waals surface area contributed by atoms with E-state index in [1.54, 1.807) is 19.5 Å². The van der Waals surface area contributed by atoms with E-state index < -0.39 is 0 Å². The highest BCUT2D eigenvalue weighted by Crippen LogP contribution is 2.33. The first-order valence-electron chi connectivity index (χ1n) is 10.7. The van der Waals surface area contributed by atoms with Crippen LogP contribution in [-0.4, -0.2) is 57.7 Å². The highest BCUT2D eigenvalue weighted by Gasteiger charge is 2.17. The predicted octanol–water partition coefficient (Wildman–Crippen LogP) is 3.10. The number of aliphatic hydroxyl groups excluding tert-OH is 1. The second-order valence-corrected chi connectivity index (χ2v) is 8.07. The van der Waals surface area contributed by atoms with Crippen LogP contribution in [0.3, 0.4) is 0 Å². The molecule has 0 amide bonds. The summed E-state index contributed by atoms with van der Waals surface area (Å²) in [6.07, 6.45) is 5.11. The van der Waals surface area contributed by atoms with Crippen molar-refractivity contribution in [3.8, 4) is 17.1 Å². The molecule has 1 aromatic carbocycles. The van der Waals surface area contributed by atoms with E-state index in [2.05, 4.69) is 36.6 Å². The van der Waals surface area contributed by atoms with Gasteiger partial charge in [-0.3, -0.25) is 4.40 Å². The molecule has 1 saturated heterocycles. The molecule has 0 aliphatic carbocycles. The van der Waals surface area contributed by atoms with Crippen molar-refractivity contribution in [2.75, 3.05) is 43.5 Å². The van der Waals surface area contributed by atoms with Gasteiger partial charge >= 0.3 is 0 Å². The van der Waals surface area contributed by atoms with E-state index in [1.165, 1.54) is 0 Å². The minimum Gasteiger partial charge on any atom is -0.494 e. The number of halogens is 1. The Hall–Kier alpha value is -3.40. The summed E-state index contributed by atoms with van der Waals surface area (Å²) in [7, 11) is 1.65. The van der Waals surface area contributed by atoms with Crippen LogP contribution in [-0.2, 0) is 6.61 Å². The monoisotopic (exact) mass is 465 g/mol. The fraction of sp³-hybridized carbons (Fsp3) is 0.261. The summed E-state index contributed by atoms with van der Waals surface area (Å²) in [5.41, 5.74) is 4.49. The molecule has 0 bridgehead atoms. The minimum atomic E-state index is -0.102. The predicted molar refractivity (Wildman–Crippen MR) is 129 cm³/mol. The Bertz CT molecular complexity index is 1290. The molecule has 9 nitrogen and oxygen atoms in total. The molecule has 1 aliphatic rings. The van der Waals surface area contributed by atoms with Crippen molar-refractivity contribution < 1.29 is 9.84 Å². The molecule has 0 saturated carbocycles. The second kappa shape index (κ2) is 9.22. The number of nitrogens with zero attached hydrogens (tertiary/aromatic N) is 5. The summed E-state index contributed by atoms with van der Waals surface area (Å²) >= 11 is 6.45. The average Bonchev–Trinajstić information content (AvgIpc) is 3.30. The van der Waals surface area contributed by atoms with Crippen molar-refractivity contribution >= 4 is 34.6 Å². The number of methoxy groups -OCH3 is 1. The Kier molecular flexibility index (Phi) is 5.99. The molecule has 170 valence electrons. The maximum absolute atomic E-state index is 9.60. The van der Waals surface area contributed by atoms with Crippen molar-refractivity contribution in [1.82, 2.24) is 24.7 Å². The first-order chi connectivity index (χ1) is 16.2. The number of rotatable bonds is 6. The van der Waals surface area contributed by atoms with E-state index in [1.807, 2.05) is 34.9 Å². The van der Waals surface area contributed by atoms with Crippen LogP contribution in [0.25, 0.3) is 17.0 Å². The van der Waals surface area contributed by atoms with Crippen molar-refractivity contribution in [3.63, 3.8) is 0 Å². The van der Waals surface area contributed by atoms with Gasteiger partial charge in [0.1, 0.15) is 17.1 Å². The van der Waals surface area contributed by atoms with E-state index in [0.717, 1.165) is 43.1 Å². The van der Waals surface area contributed by atoms with Crippen LogP contribution >= 0.6 is 11.6 Å². The molecule has 5 rings (SSSR count). The third kappa shape index (κ3) is 4.18. The first kappa shape index (κ1) is 21.4. The van der Waals surface area contributed by atoms with Gasteiger partial charge in [0.15, 0.2) is 0 Å². The van der Waals surface area contributed by atoms with Crippen molar-refractivity contribution in [1.29, 1.82) is 0 Å². The van der Waals surface area contributed by atoms with Crippen LogP contribution < -0.4 is 20.3 Å². The minimum absolute atomic E-state index is 0.102. The number of anilines is 3. The number of hydrogen-bond donors (Lipinski definition) is 3. The second-order valence-electron chi connectivity index (χ2n) is 7.67. The Morgan fingerprint density at radius 3 is 2.82 bits per heavy atom. The van der Waals surface area contributed by atoms with Crippen LogP contribution in [0.1, 0.15) is 5.56 Å². The number of fused-ring (bicyclic) bond motifs is 1. The molecule has 0 spiro atoms. The van der Waals surface area contributed by atoms with Gasteiger partial charge in [0.05, 0.1) is 42.5 Å². The molecule has 3 N–H and O–H groups in total. The van der Waals surface area contributed by atoms with Crippen LogP contribution in [0, 0.1) is 0 Å². The molecule has 33 heavy (non-hydrogen) atoms. The van der Waals surface area contributed by atoms with Crippen molar-refractivity contribution in [2.45, 2.75) is 6.61 Å². The fourth-order valence-corrected chi connectivity index (χ4v) is 4.19. The number of aliphatic hydroxyl groups is 1. The van der Waals surface area contributed by atoms with Gasteiger partial charge in [0, 0.05) is 49.7 Å². The molecule has 4 heterocycles. The Morgan fingerprint density at radius 1 is 1.18 bits per heavy atom. The zero-order valence-electron chi connectivity index (χ0n) is 18.1. The van der Waals surface area contributed by atoms with E-state index in [0.29, 0.717) is 33.8 Å². The topological polar surface area (TPSA) is 99.8 Å². The summed E-state index contributed by atoms with van der Waals surface area (Å²) < 4.78 is 7.49. The number of ether oxygens (including phenoxy) is 1. The van der Waals surface area contributed by atoms with Crippen molar-refractivity contribution in [3.05, 3.63) is 59.5 Å². The highest BCUT2D eigenvalue weighted by molar-refractivity contribution is 6.32. The molecule has 0 unspecified atom stereocenters. The van der Waals surface area contributed by atoms with E-state index in [4.69, 9.17) is 16.3 Å². The van der Waals surface area contributed by atoms with Crippen LogP contribution in [0.15, 0.2) is 48.9 Å². The number of nitrogens with one attached hydrogen (secondary N) is 2. The number of hydrogen-bond acceptors (Lipinski definition) is 8. The van der Waals surface area contributed by atoms with Gasteiger partial charge in [-0.05, 0) is 18.2 Å². The maximum atomic E-state index is 9.60. The molecule has 3 aromatic heterocycles. The molecule has 4 aromatic rings. The Morgan fingerprint density at radius 2 is 2.03 bits per heavy atom. The summed E-state index contributed by atoms with van der Waals surface area (Å²) in [5.74, 6) is 1.09. The molecular weight excluding hydrogens is 442 g/mol. The lowest BCUT2D eigenvalue weighted by Gasteiger charge is -2.30. The number of benzene rings is 1. The van der Waals surface area contributed by atoms with Gasteiger partial charge in [-0.15, -0.1) is 0 Å². The quantitative estimate of drug-likeness (QED) is 0.399. The zero-order chi connectivity index (χ0) is 22.8. The lowest BCUT2D eigenvalue weighted by atomic mass is 10.2. The maximum Gasteiger partial charge on any atom is 0.227 e. The molecule has 0 atom stereocenters. The number of aromatic nitrogens is 4. The van der Waals surface area contributed by atoms with Crippen LogP contribution in [0.5, 0.6) is 5.75 Å². The lowest BCUT2D eigenvalue weighted by Crippen LogP contribution is -2.43. The molecule has 0 radical (unpaired) electrons. The van der Waals surface area contributed by atoms with Crippen molar-refractivity contribution in [2.24, 2.45) is 0 Å². The van der Waals surface area contributed by atoms with Gasteiger partial charge < -0.3 is 25.4 Å². The van der Waals surface area contributed by atoms with E-state index in [-0.39, 0.29) is 6.61 Å². The highest BCUT2D eigenvalue weighted by atomic mass is 35.5. The number of imidazole rings is 1. The number of pyridine rings is 1. The SMILES string of the molecule is COc1cc(N2CCNCC2)ccc1Nc1ncc(Cl)c(-c2cnc3c(CO)cccn23)n1. The third-order valence-corrected chi connectivity index (χ3v) is 5.96. The smallest absolute Gasteiger partial charge is 0.227 e. The molecule has 1 fully saturated rings. The largest absolute Gasteiger partial charge is 0.494 e. The van der Waals surface area contributed by atoms with Crippen LogP contribution in [0.4, 0.5) is 17.3 Å². The molecular formula is C23H24ClN7O2. The zero-order valence-corrected chi connectivity index (χ0v) is 18.9. The molecule has 10 heteroatoms. The van der Waals surface area contributed by atoms with Gasteiger partial charge in [0.25, 0.3) is 0 Å². The Labute approximate surface area is 196 Å². The van der Waals surface area contributed by atoms with Gasteiger partial charge in [-0.25, -0.2) is 15.0 Å². The normalized spacial score (nSPS) is 14.0. The summed E-state index contributed by atoms with van der Waals surface area (Å²) in [6.45, 7) is 3.74. The van der Waals surface area contributed by atoms with Crippen LogP contribution in [0.2, 0.25) is 5.02 Å². The summed E-state index contributed by atoms with van der Waals surface area (Å²) in [5, 5.41) is 16.6. The van der Waals surface area contributed by atoms with Gasteiger partial charge in [0.2, 0.25) is 5.95 Å². The van der Waals surface area contributed by atoms with Gasteiger partial charge in [-0.2, -0.15) is 0 Å². The van der Waals surface area contributed by atoms with E-state index in [9.17, 15) is 5.11 Å².